The van der Waals surface area contributed by atoms with E-state index in [1.165, 1.54) is 0 Å². The van der Waals surface area contributed by atoms with Gasteiger partial charge in [-0.25, -0.2) is 4.98 Å². The fourth-order valence-electron chi connectivity index (χ4n) is 2.56. The van der Waals surface area contributed by atoms with Crippen molar-refractivity contribution in [3.05, 3.63) is 22.7 Å². The predicted molar refractivity (Wildman–Crippen MR) is 72.9 cm³/mol. The van der Waals surface area contributed by atoms with E-state index in [0.29, 0.717) is 5.82 Å². The standard InChI is InChI=1S/C13H22N4O/c1-4-5-13(14)8-16(9-13)11-12(18)17(10(2)3)7-6-15-11/h6-7,10H,4-5,8-9,14H2,1-3H3. The van der Waals surface area contributed by atoms with Gasteiger partial charge in [-0.1, -0.05) is 13.3 Å². The molecule has 0 spiro atoms. The van der Waals surface area contributed by atoms with Crippen molar-refractivity contribution in [2.75, 3.05) is 18.0 Å². The summed E-state index contributed by atoms with van der Waals surface area (Å²) in [5.41, 5.74) is 6.05. The smallest absolute Gasteiger partial charge is 0.293 e. The third kappa shape index (κ3) is 2.27. The highest BCUT2D eigenvalue weighted by Gasteiger charge is 2.40. The number of nitrogens with zero attached hydrogens (tertiary/aromatic N) is 3. The summed E-state index contributed by atoms with van der Waals surface area (Å²) in [5, 5.41) is 0. The summed E-state index contributed by atoms with van der Waals surface area (Å²) in [7, 11) is 0. The summed E-state index contributed by atoms with van der Waals surface area (Å²) in [4.78, 5) is 18.4. The number of rotatable bonds is 4. The number of hydrogen-bond acceptors (Lipinski definition) is 4. The summed E-state index contributed by atoms with van der Waals surface area (Å²) in [6.45, 7) is 7.57. The van der Waals surface area contributed by atoms with Gasteiger partial charge in [0.1, 0.15) is 0 Å². The number of hydrogen-bond donors (Lipinski definition) is 1. The zero-order valence-corrected chi connectivity index (χ0v) is 11.4. The Morgan fingerprint density at radius 1 is 1.50 bits per heavy atom. The van der Waals surface area contributed by atoms with Crippen LogP contribution in [0.15, 0.2) is 17.2 Å². The number of aromatic nitrogens is 2. The van der Waals surface area contributed by atoms with Gasteiger partial charge in [-0.05, 0) is 20.3 Å². The lowest BCUT2D eigenvalue weighted by Crippen LogP contribution is -2.68. The minimum atomic E-state index is -0.138. The third-order valence-corrected chi connectivity index (χ3v) is 3.47. The van der Waals surface area contributed by atoms with E-state index in [4.69, 9.17) is 5.73 Å². The first-order valence-corrected chi connectivity index (χ1v) is 6.58. The SMILES string of the molecule is CCCC1(N)CN(c2nccn(C(C)C)c2=O)C1. The van der Waals surface area contributed by atoms with Gasteiger partial charge in [-0.3, -0.25) is 4.79 Å². The Kier molecular flexibility index (Phi) is 3.43. The van der Waals surface area contributed by atoms with Crippen LogP contribution >= 0.6 is 0 Å². The highest BCUT2D eigenvalue weighted by molar-refractivity contribution is 5.42. The molecular weight excluding hydrogens is 228 g/mol. The molecule has 0 aliphatic carbocycles. The molecule has 0 radical (unpaired) electrons. The van der Waals surface area contributed by atoms with E-state index in [9.17, 15) is 4.79 Å². The van der Waals surface area contributed by atoms with Crippen LogP contribution < -0.4 is 16.2 Å². The highest BCUT2D eigenvalue weighted by Crippen LogP contribution is 2.25. The normalized spacial score (nSPS) is 17.9. The average Bonchev–Trinajstić information content (AvgIpc) is 2.26. The van der Waals surface area contributed by atoms with Crippen molar-refractivity contribution in [3.63, 3.8) is 0 Å². The molecule has 1 aliphatic heterocycles. The van der Waals surface area contributed by atoms with Crippen molar-refractivity contribution in [2.45, 2.75) is 45.2 Å². The van der Waals surface area contributed by atoms with Gasteiger partial charge in [-0.2, -0.15) is 0 Å². The van der Waals surface area contributed by atoms with E-state index in [0.717, 1.165) is 25.9 Å². The monoisotopic (exact) mass is 250 g/mol. The maximum atomic E-state index is 12.2. The van der Waals surface area contributed by atoms with E-state index in [2.05, 4.69) is 11.9 Å². The second-order valence-electron chi connectivity index (χ2n) is 5.53. The van der Waals surface area contributed by atoms with Gasteiger partial charge in [0.25, 0.3) is 5.56 Å². The lowest BCUT2D eigenvalue weighted by atomic mass is 9.86. The van der Waals surface area contributed by atoms with Crippen LogP contribution in [0.1, 0.15) is 39.7 Å². The summed E-state index contributed by atoms with van der Waals surface area (Å²) in [6, 6.07) is 0.152. The van der Waals surface area contributed by atoms with Gasteiger partial charge in [-0.15, -0.1) is 0 Å². The Morgan fingerprint density at radius 3 is 2.72 bits per heavy atom. The van der Waals surface area contributed by atoms with Crippen LogP contribution in [-0.4, -0.2) is 28.2 Å². The molecular formula is C13H22N4O. The first-order valence-electron chi connectivity index (χ1n) is 6.58. The van der Waals surface area contributed by atoms with Gasteiger partial charge in [0.2, 0.25) is 0 Å². The molecule has 18 heavy (non-hydrogen) atoms. The van der Waals surface area contributed by atoms with Crippen LogP contribution in [0.3, 0.4) is 0 Å². The molecule has 0 bridgehead atoms. The fourth-order valence-corrected chi connectivity index (χ4v) is 2.56. The van der Waals surface area contributed by atoms with Crippen molar-refractivity contribution in [1.82, 2.24) is 9.55 Å². The van der Waals surface area contributed by atoms with Crippen molar-refractivity contribution < 1.29 is 0 Å². The molecule has 5 nitrogen and oxygen atoms in total. The minimum Gasteiger partial charge on any atom is -0.348 e. The molecule has 1 aromatic rings. The maximum Gasteiger partial charge on any atom is 0.293 e. The van der Waals surface area contributed by atoms with E-state index in [-0.39, 0.29) is 17.1 Å². The van der Waals surface area contributed by atoms with E-state index >= 15 is 0 Å². The Labute approximate surface area is 108 Å². The van der Waals surface area contributed by atoms with Gasteiger partial charge in [0, 0.05) is 31.5 Å². The molecule has 1 fully saturated rings. The summed E-state index contributed by atoms with van der Waals surface area (Å²) in [6.07, 6.45) is 5.49. The number of anilines is 1. The van der Waals surface area contributed by atoms with E-state index in [1.54, 1.807) is 17.0 Å². The highest BCUT2D eigenvalue weighted by atomic mass is 16.1. The molecule has 1 aliphatic rings. The van der Waals surface area contributed by atoms with Crippen LogP contribution in [0.2, 0.25) is 0 Å². The zero-order valence-electron chi connectivity index (χ0n) is 11.4. The Bertz CT molecular complexity index is 474. The summed E-state index contributed by atoms with van der Waals surface area (Å²) >= 11 is 0. The van der Waals surface area contributed by atoms with Gasteiger partial charge in [0.15, 0.2) is 5.82 Å². The average molecular weight is 250 g/mol. The lowest BCUT2D eigenvalue weighted by Gasteiger charge is -2.48. The third-order valence-electron chi connectivity index (χ3n) is 3.47. The van der Waals surface area contributed by atoms with Crippen LogP contribution in [0, 0.1) is 0 Å². The molecule has 1 aromatic heterocycles. The largest absolute Gasteiger partial charge is 0.348 e. The topological polar surface area (TPSA) is 64.2 Å². The quantitative estimate of drug-likeness (QED) is 0.870. The second-order valence-corrected chi connectivity index (χ2v) is 5.53. The van der Waals surface area contributed by atoms with Crippen LogP contribution in [0.4, 0.5) is 5.82 Å². The Morgan fingerprint density at radius 2 is 2.17 bits per heavy atom. The van der Waals surface area contributed by atoms with Crippen LogP contribution in [0.5, 0.6) is 0 Å². The van der Waals surface area contributed by atoms with Crippen molar-refractivity contribution in [3.8, 4) is 0 Å². The Balaban J connectivity index is 2.18. The summed E-state index contributed by atoms with van der Waals surface area (Å²) < 4.78 is 1.71. The van der Waals surface area contributed by atoms with Crippen molar-refractivity contribution >= 4 is 5.82 Å². The van der Waals surface area contributed by atoms with Gasteiger partial charge >= 0.3 is 0 Å². The van der Waals surface area contributed by atoms with Crippen molar-refractivity contribution in [1.29, 1.82) is 0 Å². The van der Waals surface area contributed by atoms with Crippen LogP contribution in [-0.2, 0) is 0 Å². The minimum absolute atomic E-state index is 0.0222. The Hall–Kier alpha value is -1.36. The molecule has 2 heterocycles. The fraction of sp³-hybridized carbons (Fsp3) is 0.692. The molecule has 5 heteroatoms. The van der Waals surface area contributed by atoms with Gasteiger partial charge < -0.3 is 15.2 Å². The molecule has 0 atom stereocenters. The molecule has 2 rings (SSSR count). The molecule has 0 amide bonds. The van der Waals surface area contributed by atoms with Gasteiger partial charge in [0.05, 0.1) is 5.54 Å². The first-order chi connectivity index (χ1) is 8.47. The van der Waals surface area contributed by atoms with Crippen molar-refractivity contribution in [2.24, 2.45) is 5.73 Å². The molecule has 0 unspecified atom stereocenters. The lowest BCUT2D eigenvalue weighted by molar-refractivity contribution is 0.304. The zero-order chi connectivity index (χ0) is 13.3. The molecule has 100 valence electrons. The number of nitrogens with two attached hydrogens (primary N) is 1. The molecule has 1 saturated heterocycles. The van der Waals surface area contributed by atoms with Crippen LogP contribution in [0.25, 0.3) is 0 Å². The van der Waals surface area contributed by atoms with E-state index < -0.39 is 0 Å². The molecule has 0 saturated carbocycles. The predicted octanol–water partition coefficient (Wildman–Crippen LogP) is 1.14. The second kappa shape index (κ2) is 4.72. The van der Waals surface area contributed by atoms with E-state index in [1.807, 2.05) is 18.7 Å². The maximum absolute atomic E-state index is 12.2. The summed E-state index contributed by atoms with van der Waals surface area (Å²) in [5.74, 6) is 0.531. The molecule has 0 aromatic carbocycles. The molecule has 2 N–H and O–H groups in total. The first kappa shape index (κ1) is 13.1.